The fourth-order valence-corrected chi connectivity index (χ4v) is 0.507. The molecule has 0 amide bonds. The van der Waals surface area contributed by atoms with E-state index in [1.54, 1.807) is 0 Å². The second-order valence-electron chi connectivity index (χ2n) is 2.40. The molecule has 1 unspecified atom stereocenters. The zero-order valence-corrected chi connectivity index (χ0v) is 6.23. The highest BCUT2D eigenvalue weighted by Crippen LogP contribution is 1.84. The zero-order chi connectivity index (χ0) is 7.98. The third-order valence-electron chi connectivity index (χ3n) is 0.985. The Morgan fingerprint density at radius 3 is 2.80 bits per heavy atom. The van der Waals surface area contributed by atoms with Crippen LogP contribution in [0.15, 0.2) is 12.2 Å². The summed E-state index contributed by atoms with van der Waals surface area (Å²) in [4.78, 5) is 0. The molecule has 0 fully saturated rings. The standard InChI is InChI=1S/C7H14FNO/c1-6(2)4-9-5-7(10)3-8/h7,9-10H,1,3-5H2,2H3. The molecule has 0 aliphatic rings. The van der Waals surface area contributed by atoms with Crippen LogP contribution in [0.25, 0.3) is 0 Å². The summed E-state index contributed by atoms with van der Waals surface area (Å²) in [6.07, 6.45) is -0.876. The van der Waals surface area contributed by atoms with E-state index in [4.69, 9.17) is 5.11 Å². The van der Waals surface area contributed by atoms with E-state index in [2.05, 4.69) is 11.9 Å². The minimum Gasteiger partial charge on any atom is -0.389 e. The molecule has 0 heterocycles. The molecule has 0 aromatic heterocycles. The van der Waals surface area contributed by atoms with E-state index >= 15 is 0 Å². The van der Waals surface area contributed by atoms with E-state index in [9.17, 15) is 4.39 Å². The van der Waals surface area contributed by atoms with Gasteiger partial charge in [0.15, 0.2) is 0 Å². The van der Waals surface area contributed by atoms with Gasteiger partial charge in [-0.2, -0.15) is 0 Å². The van der Waals surface area contributed by atoms with E-state index in [1.165, 1.54) is 0 Å². The van der Waals surface area contributed by atoms with Crippen LogP contribution in [-0.4, -0.2) is 31.0 Å². The molecule has 0 spiro atoms. The Kier molecular flexibility index (Phi) is 5.16. The van der Waals surface area contributed by atoms with Crippen LogP contribution in [0.5, 0.6) is 0 Å². The topological polar surface area (TPSA) is 32.3 Å². The molecule has 0 radical (unpaired) electrons. The predicted octanol–water partition coefficient (Wildman–Crippen LogP) is 0.483. The third kappa shape index (κ3) is 5.72. The maximum atomic E-state index is 11.6. The van der Waals surface area contributed by atoms with Crippen molar-refractivity contribution in [2.75, 3.05) is 19.8 Å². The van der Waals surface area contributed by atoms with Gasteiger partial charge in [-0.3, -0.25) is 0 Å². The predicted molar refractivity (Wildman–Crippen MR) is 39.7 cm³/mol. The first kappa shape index (κ1) is 9.59. The Labute approximate surface area is 60.7 Å². The van der Waals surface area contributed by atoms with Crippen LogP contribution < -0.4 is 5.32 Å². The molecule has 60 valence electrons. The van der Waals surface area contributed by atoms with E-state index in [1.807, 2.05) is 6.92 Å². The summed E-state index contributed by atoms with van der Waals surface area (Å²) in [7, 11) is 0. The van der Waals surface area contributed by atoms with Crippen molar-refractivity contribution in [3.63, 3.8) is 0 Å². The van der Waals surface area contributed by atoms with Gasteiger partial charge in [-0.25, -0.2) is 4.39 Å². The number of nitrogens with one attached hydrogen (secondary N) is 1. The molecule has 3 heteroatoms. The van der Waals surface area contributed by atoms with Crippen molar-refractivity contribution >= 4 is 0 Å². The summed E-state index contributed by atoms with van der Waals surface area (Å²) in [6, 6.07) is 0. The van der Waals surface area contributed by atoms with Crippen LogP contribution >= 0.6 is 0 Å². The Morgan fingerprint density at radius 2 is 2.40 bits per heavy atom. The van der Waals surface area contributed by atoms with E-state index in [0.29, 0.717) is 13.1 Å². The number of rotatable bonds is 5. The Balaban J connectivity index is 3.11. The van der Waals surface area contributed by atoms with E-state index in [-0.39, 0.29) is 0 Å². The van der Waals surface area contributed by atoms with Crippen LogP contribution in [-0.2, 0) is 0 Å². The van der Waals surface area contributed by atoms with Gasteiger partial charge in [0.1, 0.15) is 6.67 Å². The van der Waals surface area contributed by atoms with Crippen molar-refractivity contribution in [3.05, 3.63) is 12.2 Å². The highest BCUT2D eigenvalue weighted by atomic mass is 19.1. The highest BCUT2D eigenvalue weighted by Gasteiger charge is 1.99. The lowest BCUT2D eigenvalue weighted by Gasteiger charge is -2.06. The number of aliphatic hydroxyl groups excluding tert-OH is 1. The second kappa shape index (κ2) is 5.38. The smallest absolute Gasteiger partial charge is 0.117 e. The normalized spacial score (nSPS) is 13.1. The van der Waals surface area contributed by atoms with Crippen molar-refractivity contribution in [3.8, 4) is 0 Å². The minimum absolute atomic E-state index is 0.295. The molecular formula is C7H14FNO. The molecule has 0 aromatic carbocycles. The van der Waals surface area contributed by atoms with Crippen LogP contribution in [0.2, 0.25) is 0 Å². The van der Waals surface area contributed by atoms with Crippen molar-refractivity contribution in [1.29, 1.82) is 0 Å². The Hall–Kier alpha value is -0.410. The molecule has 0 saturated heterocycles. The molecule has 1 atom stereocenters. The largest absolute Gasteiger partial charge is 0.389 e. The fourth-order valence-electron chi connectivity index (χ4n) is 0.507. The van der Waals surface area contributed by atoms with Gasteiger partial charge in [0, 0.05) is 13.1 Å². The minimum atomic E-state index is -0.876. The molecule has 0 aliphatic carbocycles. The first-order valence-corrected chi connectivity index (χ1v) is 3.26. The lowest BCUT2D eigenvalue weighted by Crippen LogP contribution is -2.29. The molecule has 2 N–H and O–H groups in total. The SMILES string of the molecule is C=C(C)CNCC(O)CF. The first-order valence-electron chi connectivity index (χ1n) is 3.26. The molecule has 2 nitrogen and oxygen atoms in total. The average Bonchev–Trinajstić information content (AvgIpc) is 1.87. The monoisotopic (exact) mass is 147 g/mol. The second-order valence-corrected chi connectivity index (χ2v) is 2.40. The van der Waals surface area contributed by atoms with Gasteiger partial charge in [-0.15, -0.1) is 0 Å². The molecule has 10 heavy (non-hydrogen) atoms. The summed E-state index contributed by atoms with van der Waals surface area (Å²) < 4.78 is 11.6. The van der Waals surface area contributed by atoms with Crippen LogP contribution in [0.1, 0.15) is 6.92 Å². The molecule has 0 aliphatic heterocycles. The summed E-state index contributed by atoms with van der Waals surface area (Å²) in [5.74, 6) is 0. The molecule has 0 rings (SSSR count). The number of halogens is 1. The van der Waals surface area contributed by atoms with E-state index < -0.39 is 12.8 Å². The highest BCUT2D eigenvalue weighted by molar-refractivity contribution is 4.90. The summed E-state index contributed by atoms with van der Waals surface area (Å²) >= 11 is 0. The number of hydrogen-bond donors (Lipinski definition) is 2. The van der Waals surface area contributed by atoms with Crippen LogP contribution in [0, 0.1) is 0 Å². The van der Waals surface area contributed by atoms with Gasteiger partial charge >= 0.3 is 0 Å². The Morgan fingerprint density at radius 1 is 1.80 bits per heavy atom. The van der Waals surface area contributed by atoms with Crippen LogP contribution in [0.3, 0.4) is 0 Å². The van der Waals surface area contributed by atoms with Crippen molar-refractivity contribution in [1.82, 2.24) is 5.32 Å². The summed E-state index contributed by atoms with van der Waals surface area (Å²) in [6.45, 7) is 5.75. The summed E-state index contributed by atoms with van der Waals surface area (Å²) in [5.41, 5.74) is 0.978. The number of hydrogen-bond acceptors (Lipinski definition) is 2. The molecule has 0 aromatic rings. The lowest BCUT2D eigenvalue weighted by atomic mass is 10.3. The van der Waals surface area contributed by atoms with E-state index in [0.717, 1.165) is 5.57 Å². The number of alkyl halides is 1. The van der Waals surface area contributed by atoms with Gasteiger partial charge in [-0.05, 0) is 6.92 Å². The third-order valence-corrected chi connectivity index (χ3v) is 0.985. The average molecular weight is 147 g/mol. The van der Waals surface area contributed by atoms with Gasteiger partial charge in [0.05, 0.1) is 6.10 Å². The van der Waals surface area contributed by atoms with Gasteiger partial charge in [0.2, 0.25) is 0 Å². The van der Waals surface area contributed by atoms with Crippen molar-refractivity contribution < 1.29 is 9.50 Å². The maximum absolute atomic E-state index is 11.6. The van der Waals surface area contributed by atoms with Crippen LogP contribution in [0.4, 0.5) is 4.39 Å². The number of aliphatic hydroxyl groups is 1. The Bertz CT molecular complexity index is 106. The maximum Gasteiger partial charge on any atom is 0.117 e. The zero-order valence-electron chi connectivity index (χ0n) is 6.23. The quantitative estimate of drug-likeness (QED) is 0.554. The molecule has 0 saturated carbocycles. The fraction of sp³-hybridized carbons (Fsp3) is 0.714. The molecular weight excluding hydrogens is 133 g/mol. The van der Waals surface area contributed by atoms with Gasteiger partial charge in [-0.1, -0.05) is 12.2 Å². The molecule has 0 bridgehead atoms. The van der Waals surface area contributed by atoms with Crippen molar-refractivity contribution in [2.24, 2.45) is 0 Å². The van der Waals surface area contributed by atoms with Gasteiger partial charge < -0.3 is 10.4 Å². The van der Waals surface area contributed by atoms with Crippen molar-refractivity contribution in [2.45, 2.75) is 13.0 Å². The summed E-state index contributed by atoms with van der Waals surface area (Å²) in [5, 5.41) is 11.5. The first-order chi connectivity index (χ1) is 4.66. The lowest BCUT2D eigenvalue weighted by molar-refractivity contribution is 0.139. The van der Waals surface area contributed by atoms with Gasteiger partial charge in [0.25, 0.3) is 0 Å².